The standard InChI is InChI=1S/C16H19NO2/c1-17-16(11-19-13-9-18-10-13)15-8-4-6-12-5-2-3-7-14(12)15/h2-8,13,16-17H,9-11H2,1H3. The van der Waals surface area contributed by atoms with Crippen molar-refractivity contribution in [2.75, 3.05) is 26.9 Å². The lowest BCUT2D eigenvalue weighted by molar-refractivity contribution is -0.133. The van der Waals surface area contributed by atoms with Gasteiger partial charge in [-0.2, -0.15) is 0 Å². The molecule has 1 aliphatic rings. The number of rotatable bonds is 5. The van der Waals surface area contributed by atoms with Gasteiger partial charge >= 0.3 is 0 Å². The summed E-state index contributed by atoms with van der Waals surface area (Å²) in [6.45, 7) is 2.14. The van der Waals surface area contributed by atoms with Gasteiger partial charge in [-0.3, -0.25) is 0 Å². The summed E-state index contributed by atoms with van der Waals surface area (Å²) < 4.78 is 11.0. The van der Waals surface area contributed by atoms with E-state index in [4.69, 9.17) is 9.47 Å². The number of nitrogens with one attached hydrogen (secondary N) is 1. The van der Waals surface area contributed by atoms with Crippen LogP contribution < -0.4 is 5.32 Å². The molecule has 0 spiro atoms. The minimum absolute atomic E-state index is 0.215. The van der Waals surface area contributed by atoms with Crippen molar-refractivity contribution in [3.05, 3.63) is 48.0 Å². The Balaban J connectivity index is 1.83. The van der Waals surface area contributed by atoms with Crippen molar-refractivity contribution in [3.8, 4) is 0 Å². The summed E-state index contributed by atoms with van der Waals surface area (Å²) in [6.07, 6.45) is 0.269. The predicted octanol–water partition coefficient (Wildman–Crippen LogP) is 2.52. The molecule has 1 unspecified atom stereocenters. The molecule has 1 aliphatic heterocycles. The fourth-order valence-corrected chi connectivity index (χ4v) is 2.43. The fraction of sp³-hybridized carbons (Fsp3) is 0.375. The Morgan fingerprint density at radius 3 is 2.74 bits per heavy atom. The molecule has 1 atom stereocenters. The summed E-state index contributed by atoms with van der Waals surface area (Å²) in [6, 6.07) is 15.1. The zero-order valence-corrected chi connectivity index (χ0v) is 11.1. The summed E-state index contributed by atoms with van der Waals surface area (Å²) in [5.74, 6) is 0. The van der Waals surface area contributed by atoms with Gasteiger partial charge in [0.05, 0.1) is 25.9 Å². The van der Waals surface area contributed by atoms with Gasteiger partial charge in [0.15, 0.2) is 0 Å². The van der Waals surface area contributed by atoms with E-state index in [1.54, 1.807) is 0 Å². The zero-order valence-electron chi connectivity index (χ0n) is 11.1. The van der Waals surface area contributed by atoms with E-state index in [9.17, 15) is 0 Å². The highest BCUT2D eigenvalue weighted by Crippen LogP contribution is 2.25. The van der Waals surface area contributed by atoms with Crippen LogP contribution in [0, 0.1) is 0 Å². The van der Waals surface area contributed by atoms with Crippen molar-refractivity contribution in [2.24, 2.45) is 0 Å². The third-order valence-corrected chi connectivity index (χ3v) is 3.65. The molecule has 3 nitrogen and oxygen atoms in total. The molecule has 0 amide bonds. The molecule has 1 N–H and O–H groups in total. The van der Waals surface area contributed by atoms with Crippen LogP contribution in [0.5, 0.6) is 0 Å². The Morgan fingerprint density at radius 2 is 2.00 bits per heavy atom. The third-order valence-electron chi connectivity index (χ3n) is 3.65. The molecular weight excluding hydrogens is 238 g/mol. The first-order chi connectivity index (χ1) is 9.38. The number of likely N-dealkylation sites (N-methyl/N-ethyl adjacent to an activating group) is 1. The molecule has 1 heterocycles. The summed E-state index contributed by atoms with van der Waals surface area (Å²) in [7, 11) is 1.98. The van der Waals surface area contributed by atoms with Crippen LogP contribution in [-0.4, -0.2) is 33.0 Å². The van der Waals surface area contributed by atoms with Crippen molar-refractivity contribution in [2.45, 2.75) is 12.1 Å². The van der Waals surface area contributed by atoms with Gasteiger partial charge in [-0.1, -0.05) is 42.5 Å². The Bertz CT molecular complexity index is 546. The quantitative estimate of drug-likeness (QED) is 0.892. The Morgan fingerprint density at radius 1 is 1.21 bits per heavy atom. The zero-order chi connectivity index (χ0) is 13.1. The van der Waals surface area contributed by atoms with E-state index in [0.29, 0.717) is 6.61 Å². The van der Waals surface area contributed by atoms with Gasteiger partial charge in [0.2, 0.25) is 0 Å². The van der Waals surface area contributed by atoms with E-state index in [-0.39, 0.29) is 12.1 Å². The summed E-state index contributed by atoms with van der Waals surface area (Å²) in [5, 5.41) is 5.91. The molecule has 0 aliphatic carbocycles. The number of benzene rings is 2. The highest BCUT2D eigenvalue weighted by atomic mass is 16.6. The van der Waals surface area contributed by atoms with Crippen LogP contribution in [0.25, 0.3) is 10.8 Å². The van der Waals surface area contributed by atoms with Crippen LogP contribution >= 0.6 is 0 Å². The lowest BCUT2D eigenvalue weighted by Gasteiger charge is -2.28. The topological polar surface area (TPSA) is 30.5 Å². The van der Waals surface area contributed by atoms with Gasteiger partial charge in [-0.25, -0.2) is 0 Å². The maximum absolute atomic E-state index is 5.85. The van der Waals surface area contributed by atoms with E-state index in [0.717, 1.165) is 13.2 Å². The summed E-state index contributed by atoms with van der Waals surface area (Å²) >= 11 is 0. The van der Waals surface area contributed by atoms with E-state index < -0.39 is 0 Å². The van der Waals surface area contributed by atoms with Gasteiger partial charge in [0.25, 0.3) is 0 Å². The largest absolute Gasteiger partial charge is 0.376 e. The number of ether oxygens (including phenoxy) is 2. The van der Waals surface area contributed by atoms with Crippen LogP contribution in [0.15, 0.2) is 42.5 Å². The maximum atomic E-state index is 5.85. The minimum atomic E-state index is 0.215. The highest BCUT2D eigenvalue weighted by Gasteiger charge is 2.21. The Labute approximate surface area is 113 Å². The van der Waals surface area contributed by atoms with Crippen LogP contribution in [0.3, 0.4) is 0 Å². The smallest absolute Gasteiger partial charge is 0.104 e. The maximum Gasteiger partial charge on any atom is 0.104 e. The van der Waals surface area contributed by atoms with Gasteiger partial charge in [-0.15, -0.1) is 0 Å². The van der Waals surface area contributed by atoms with Crippen LogP contribution in [-0.2, 0) is 9.47 Å². The monoisotopic (exact) mass is 257 g/mol. The van der Waals surface area contributed by atoms with Gasteiger partial charge in [0, 0.05) is 0 Å². The van der Waals surface area contributed by atoms with Crippen molar-refractivity contribution in [1.29, 1.82) is 0 Å². The minimum Gasteiger partial charge on any atom is -0.376 e. The second kappa shape index (κ2) is 5.70. The fourth-order valence-electron chi connectivity index (χ4n) is 2.43. The first-order valence-electron chi connectivity index (χ1n) is 6.73. The van der Waals surface area contributed by atoms with E-state index in [2.05, 4.69) is 47.8 Å². The molecule has 1 fully saturated rings. The number of hydrogen-bond acceptors (Lipinski definition) is 3. The van der Waals surface area contributed by atoms with Crippen LogP contribution in [0.1, 0.15) is 11.6 Å². The van der Waals surface area contributed by atoms with Crippen molar-refractivity contribution in [1.82, 2.24) is 5.32 Å². The highest BCUT2D eigenvalue weighted by molar-refractivity contribution is 5.86. The molecule has 0 bridgehead atoms. The SMILES string of the molecule is CNC(COC1COC1)c1cccc2ccccc12. The van der Waals surface area contributed by atoms with Gasteiger partial charge in [-0.05, 0) is 23.4 Å². The molecular formula is C16H19NO2. The molecule has 3 heteroatoms. The molecule has 0 saturated carbocycles. The molecule has 19 heavy (non-hydrogen) atoms. The van der Waals surface area contributed by atoms with Gasteiger partial charge in [0.1, 0.15) is 6.10 Å². The van der Waals surface area contributed by atoms with Crippen LogP contribution in [0.2, 0.25) is 0 Å². The summed E-state index contributed by atoms with van der Waals surface area (Å²) in [4.78, 5) is 0. The molecule has 3 rings (SSSR count). The third kappa shape index (κ3) is 2.63. The first-order valence-corrected chi connectivity index (χ1v) is 6.73. The second-order valence-corrected chi connectivity index (χ2v) is 4.90. The normalized spacial score (nSPS) is 17.3. The lowest BCUT2D eigenvalue weighted by atomic mass is 9.99. The first kappa shape index (κ1) is 12.6. The number of fused-ring (bicyclic) bond motifs is 1. The van der Waals surface area contributed by atoms with E-state index in [1.165, 1.54) is 16.3 Å². The van der Waals surface area contributed by atoms with Crippen molar-refractivity contribution in [3.63, 3.8) is 0 Å². The molecule has 0 aromatic heterocycles. The van der Waals surface area contributed by atoms with Crippen molar-refractivity contribution < 1.29 is 9.47 Å². The van der Waals surface area contributed by atoms with Crippen molar-refractivity contribution >= 4 is 10.8 Å². The molecule has 100 valence electrons. The predicted molar refractivity (Wildman–Crippen MR) is 76.3 cm³/mol. The lowest BCUT2D eigenvalue weighted by Crippen LogP contribution is -2.38. The molecule has 1 saturated heterocycles. The summed E-state index contributed by atoms with van der Waals surface area (Å²) in [5.41, 5.74) is 1.29. The molecule has 2 aromatic carbocycles. The average molecular weight is 257 g/mol. The van der Waals surface area contributed by atoms with Gasteiger partial charge < -0.3 is 14.8 Å². The van der Waals surface area contributed by atoms with Crippen LogP contribution in [0.4, 0.5) is 0 Å². The molecule has 2 aromatic rings. The van der Waals surface area contributed by atoms with E-state index in [1.807, 2.05) is 7.05 Å². The average Bonchev–Trinajstić information content (AvgIpc) is 2.41. The second-order valence-electron chi connectivity index (χ2n) is 4.90. The number of hydrogen-bond donors (Lipinski definition) is 1. The van der Waals surface area contributed by atoms with E-state index >= 15 is 0 Å². The Kier molecular flexibility index (Phi) is 3.78. The molecule has 0 radical (unpaired) electrons. The Hall–Kier alpha value is -1.42.